The molecule has 0 aromatic carbocycles. The molecule has 0 saturated carbocycles. The van der Waals surface area contributed by atoms with E-state index < -0.39 is 11.5 Å². The van der Waals surface area contributed by atoms with Gasteiger partial charge >= 0.3 is 5.97 Å². The summed E-state index contributed by atoms with van der Waals surface area (Å²) in [5.41, 5.74) is -0.478. The molecule has 3 N–H and O–H groups in total. The molecule has 1 aliphatic rings. The number of carboxylic acids is 1. The van der Waals surface area contributed by atoms with Crippen LogP contribution in [0.1, 0.15) is 27.2 Å². The van der Waals surface area contributed by atoms with E-state index in [1.807, 2.05) is 13.8 Å². The maximum absolute atomic E-state index is 12.1. The van der Waals surface area contributed by atoms with E-state index in [1.165, 1.54) is 0 Å². The van der Waals surface area contributed by atoms with Gasteiger partial charge in [-0.15, -0.1) is 0 Å². The Morgan fingerprint density at radius 2 is 1.94 bits per heavy atom. The number of amides is 1. The Bertz CT molecular complexity index is 312. The molecule has 1 unspecified atom stereocenters. The molecule has 1 fully saturated rings. The van der Waals surface area contributed by atoms with Crippen LogP contribution in [0.3, 0.4) is 0 Å². The van der Waals surface area contributed by atoms with Crippen LogP contribution in [-0.2, 0) is 9.59 Å². The number of nitrogens with one attached hydrogen (secondary N) is 2. The maximum Gasteiger partial charge on any atom is 0.305 e. The number of carbonyl (C=O) groups is 2. The van der Waals surface area contributed by atoms with E-state index in [0.717, 1.165) is 0 Å². The van der Waals surface area contributed by atoms with Crippen molar-refractivity contribution in [1.29, 1.82) is 0 Å². The van der Waals surface area contributed by atoms with E-state index in [9.17, 15) is 9.59 Å². The van der Waals surface area contributed by atoms with Crippen LogP contribution in [0.4, 0.5) is 0 Å². The average Bonchev–Trinajstić information content (AvgIpc) is 2.26. The molecule has 0 aliphatic carbocycles. The Morgan fingerprint density at radius 3 is 2.28 bits per heavy atom. The third-order valence-electron chi connectivity index (χ3n) is 3.38. The van der Waals surface area contributed by atoms with Crippen molar-refractivity contribution in [3.05, 3.63) is 0 Å². The van der Waals surface area contributed by atoms with Crippen molar-refractivity contribution in [3.8, 4) is 0 Å². The first kappa shape index (κ1) is 14.9. The zero-order valence-corrected chi connectivity index (χ0v) is 11.3. The molecular formula is C12H23N3O3. The molecule has 6 nitrogen and oxygen atoms in total. The summed E-state index contributed by atoms with van der Waals surface area (Å²) in [5, 5.41) is 15.1. The average molecular weight is 257 g/mol. The molecule has 1 rings (SSSR count). The summed E-state index contributed by atoms with van der Waals surface area (Å²) in [7, 11) is 0. The minimum Gasteiger partial charge on any atom is -0.481 e. The van der Waals surface area contributed by atoms with E-state index in [1.54, 1.807) is 11.8 Å². The molecule has 0 spiro atoms. The summed E-state index contributed by atoms with van der Waals surface area (Å²) < 4.78 is 0. The van der Waals surface area contributed by atoms with Crippen LogP contribution in [0.25, 0.3) is 0 Å². The van der Waals surface area contributed by atoms with Crippen molar-refractivity contribution in [2.75, 3.05) is 26.2 Å². The largest absolute Gasteiger partial charge is 0.481 e. The Morgan fingerprint density at radius 1 is 1.39 bits per heavy atom. The first-order chi connectivity index (χ1) is 8.44. The Balaban J connectivity index is 2.59. The lowest BCUT2D eigenvalue weighted by Crippen LogP contribution is -2.71. The predicted molar refractivity (Wildman–Crippen MR) is 68.4 cm³/mol. The molecule has 0 radical (unpaired) electrons. The third kappa shape index (κ3) is 3.43. The van der Waals surface area contributed by atoms with Gasteiger partial charge in [-0.2, -0.15) is 0 Å². The lowest BCUT2D eigenvalue weighted by atomic mass is 9.87. The van der Waals surface area contributed by atoms with Gasteiger partial charge in [0.15, 0.2) is 0 Å². The number of likely N-dealkylation sites (N-methyl/N-ethyl adjacent to an activating group) is 1. The number of aliphatic carboxylic acids is 1. The molecular weight excluding hydrogens is 234 g/mol. The summed E-state index contributed by atoms with van der Waals surface area (Å²) in [6.07, 6.45) is 0.0376. The van der Waals surface area contributed by atoms with E-state index in [-0.39, 0.29) is 18.4 Å². The molecule has 18 heavy (non-hydrogen) atoms. The van der Waals surface area contributed by atoms with Gasteiger partial charge in [0.25, 0.3) is 0 Å². The summed E-state index contributed by atoms with van der Waals surface area (Å²) in [5.74, 6) is -0.817. The third-order valence-corrected chi connectivity index (χ3v) is 3.38. The lowest BCUT2D eigenvalue weighted by Gasteiger charge is -2.44. The summed E-state index contributed by atoms with van der Waals surface area (Å²) in [4.78, 5) is 24.7. The quantitative estimate of drug-likeness (QED) is 0.581. The van der Waals surface area contributed by atoms with Crippen molar-refractivity contribution in [2.45, 2.75) is 38.8 Å². The molecule has 1 aliphatic heterocycles. The number of carboxylic acid groups (broad SMARTS) is 1. The highest BCUT2D eigenvalue weighted by molar-refractivity contribution is 5.81. The highest BCUT2D eigenvalue weighted by Crippen LogP contribution is 2.17. The Hall–Kier alpha value is -1.14. The lowest BCUT2D eigenvalue weighted by molar-refractivity contribution is -0.141. The van der Waals surface area contributed by atoms with Gasteiger partial charge in [-0.3, -0.25) is 14.9 Å². The monoisotopic (exact) mass is 257 g/mol. The topological polar surface area (TPSA) is 81.7 Å². The molecule has 6 heteroatoms. The van der Waals surface area contributed by atoms with E-state index in [4.69, 9.17) is 5.11 Å². The summed E-state index contributed by atoms with van der Waals surface area (Å²) in [6.45, 7) is 8.20. The highest BCUT2D eigenvalue weighted by atomic mass is 16.4. The fraction of sp³-hybridized carbons (Fsp3) is 0.833. The zero-order chi connectivity index (χ0) is 13.8. The van der Waals surface area contributed by atoms with Crippen molar-refractivity contribution in [2.24, 2.45) is 0 Å². The molecule has 1 heterocycles. The van der Waals surface area contributed by atoms with Crippen LogP contribution < -0.4 is 10.6 Å². The van der Waals surface area contributed by atoms with E-state index in [2.05, 4.69) is 10.6 Å². The maximum atomic E-state index is 12.1. The molecule has 0 bridgehead atoms. The van der Waals surface area contributed by atoms with Crippen molar-refractivity contribution in [3.63, 3.8) is 0 Å². The second-order valence-corrected chi connectivity index (χ2v) is 4.83. The molecule has 0 aromatic rings. The second-order valence-electron chi connectivity index (χ2n) is 4.83. The molecule has 104 valence electrons. The first-order valence-corrected chi connectivity index (χ1v) is 6.43. The normalized spacial score (nSPS) is 18.8. The fourth-order valence-corrected chi connectivity index (χ4v) is 2.32. The van der Waals surface area contributed by atoms with Gasteiger partial charge in [0.05, 0.1) is 18.0 Å². The van der Waals surface area contributed by atoms with Crippen LogP contribution in [0.15, 0.2) is 0 Å². The van der Waals surface area contributed by atoms with Crippen LogP contribution in [0.5, 0.6) is 0 Å². The number of hydrogen-bond acceptors (Lipinski definition) is 4. The van der Waals surface area contributed by atoms with Gasteiger partial charge in [0.2, 0.25) is 5.91 Å². The summed E-state index contributed by atoms with van der Waals surface area (Å²) in [6, 6.07) is -0.355. The number of carbonyl (C=O) groups excluding carboxylic acids is 1. The minimum absolute atomic E-state index is 0.0247. The van der Waals surface area contributed by atoms with E-state index in [0.29, 0.717) is 26.2 Å². The molecule has 0 aromatic heterocycles. The van der Waals surface area contributed by atoms with Crippen LogP contribution in [0, 0.1) is 0 Å². The summed E-state index contributed by atoms with van der Waals surface area (Å²) >= 11 is 0. The predicted octanol–water partition coefficient (Wildman–Crippen LogP) is -0.350. The minimum atomic E-state index is -0.841. The number of hydrogen-bond donors (Lipinski definition) is 3. The zero-order valence-electron chi connectivity index (χ0n) is 11.3. The second kappa shape index (κ2) is 6.15. The van der Waals surface area contributed by atoms with Gasteiger partial charge in [-0.1, -0.05) is 0 Å². The number of nitrogens with zero attached hydrogens (tertiary/aromatic N) is 1. The van der Waals surface area contributed by atoms with Crippen molar-refractivity contribution in [1.82, 2.24) is 15.5 Å². The van der Waals surface area contributed by atoms with Gasteiger partial charge in [-0.05, 0) is 20.8 Å². The Labute approximate surface area is 108 Å². The molecule has 1 amide bonds. The standard InChI is InChI=1S/C12H23N3O3/c1-4-15(5-2)11(18)9(3)14-12(6-10(16)17)7-13-8-12/h9,13-14H,4-8H2,1-3H3,(H,16,17). The van der Waals surface area contributed by atoms with Gasteiger partial charge in [-0.25, -0.2) is 0 Å². The van der Waals surface area contributed by atoms with Gasteiger partial charge in [0, 0.05) is 26.2 Å². The van der Waals surface area contributed by atoms with Gasteiger partial charge < -0.3 is 15.3 Å². The smallest absolute Gasteiger partial charge is 0.305 e. The Kier molecular flexibility index (Phi) is 5.10. The van der Waals surface area contributed by atoms with Crippen LogP contribution in [-0.4, -0.2) is 59.6 Å². The van der Waals surface area contributed by atoms with Gasteiger partial charge in [0.1, 0.15) is 0 Å². The highest BCUT2D eigenvalue weighted by Gasteiger charge is 2.41. The SMILES string of the molecule is CCN(CC)C(=O)C(C)NC1(CC(=O)O)CNC1. The van der Waals surface area contributed by atoms with E-state index >= 15 is 0 Å². The van der Waals surface area contributed by atoms with Crippen molar-refractivity contribution >= 4 is 11.9 Å². The van der Waals surface area contributed by atoms with Crippen LogP contribution in [0.2, 0.25) is 0 Å². The molecule has 1 saturated heterocycles. The first-order valence-electron chi connectivity index (χ1n) is 6.43. The fourth-order valence-electron chi connectivity index (χ4n) is 2.32. The number of rotatable bonds is 7. The van der Waals surface area contributed by atoms with Crippen molar-refractivity contribution < 1.29 is 14.7 Å². The molecule has 1 atom stereocenters. The van der Waals surface area contributed by atoms with Crippen LogP contribution >= 0.6 is 0 Å².